The van der Waals surface area contributed by atoms with Crippen LogP contribution in [-0.2, 0) is 11.3 Å². The quantitative estimate of drug-likeness (QED) is 0.836. The number of amides is 2. The largest absolute Gasteiger partial charge is 0.366 e. The molecule has 0 spiro atoms. The summed E-state index contributed by atoms with van der Waals surface area (Å²) in [6, 6.07) is 7.32. The maximum Gasteiger partial charge on any atom is 0.248 e. The minimum Gasteiger partial charge on any atom is -0.366 e. The number of carbonyl (C=O) groups is 2. The molecule has 0 aliphatic carbocycles. The van der Waals surface area contributed by atoms with E-state index in [9.17, 15) is 9.59 Å². The number of primary amides is 1. The van der Waals surface area contributed by atoms with Crippen molar-refractivity contribution in [2.75, 3.05) is 26.7 Å². The lowest BCUT2D eigenvalue weighted by molar-refractivity contribution is -0.127. The van der Waals surface area contributed by atoms with Gasteiger partial charge in [-0.3, -0.25) is 9.59 Å². The molecule has 0 bridgehead atoms. The summed E-state index contributed by atoms with van der Waals surface area (Å²) in [7, 11) is 2.03. The Morgan fingerprint density at radius 3 is 2.60 bits per heavy atom. The molecular weight excluding hydrogens is 254 g/mol. The molecule has 1 aromatic rings. The SMILES string of the molecule is CN(CCN1CCCC1=O)Cc1ccc(C(N)=O)cc1. The van der Waals surface area contributed by atoms with Crippen molar-refractivity contribution in [2.45, 2.75) is 19.4 Å². The number of rotatable bonds is 6. The molecule has 1 fully saturated rings. The van der Waals surface area contributed by atoms with Crippen LogP contribution in [-0.4, -0.2) is 48.3 Å². The normalized spacial score (nSPS) is 15.1. The highest BCUT2D eigenvalue weighted by molar-refractivity contribution is 5.92. The Morgan fingerprint density at radius 2 is 2.05 bits per heavy atom. The van der Waals surface area contributed by atoms with E-state index in [1.807, 2.05) is 24.1 Å². The van der Waals surface area contributed by atoms with Gasteiger partial charge in [0.2, 0.25) is 11.8 Å². The molecule has 2 rings (SSSR count). The standard InChI is InChI=1S/C15H21N3O2/c1-17(9-10-18-8-2-3-14(18)19)11-12-4-6-13(7-5-12)15(16)20/h4-7H,2-3,8-11H2,1H3,(H2,16,20). The average Bonchev–Trinajstić information content (AvgIpc) is 2.82. The van der Waals surface area contributed by atoms with Crippen LogP contribution in [0.5, 0.6) is 0 Å². The summed E-state index contributed by atoms with van der Waals surface area (Å²) in [6.45, 7) is 3.32. The average molecular weight is 275 g/mol. The Labute approximate surface area is 119 Å². The predicted molar refractivity (Wildman–Crippen MR) is 77.1 cm³/mol. The molecule has 1 aromatic carbocycles. The van der Waals surface area contributed by atoms with Gasteiger partial charge >= 0.3 is 0 Å². The summed E-state index contributed by atoms with van der Waals surface area (Å²) in [4.78, 5) is 26.6. The van der Waals surface area contributed by atoms with Crippen molar-refractivity contribution in [3.63, 3.8) is 0 Å². The topological polar surface area (TPSA) is 66.6 Å². The molecule has 0 radical (unpaired) electrons. The summed E-state index contributed by atoms with van der Waals surface area (Å²) in [5, 5.41) is 0. The third-order valence-corrected chi connectivity index (χ3v) is 3.61. The first-order valence-corrected chi connectivity index (χ1v) is 6.91. The van der Waals surface area contributed by atoms with Crippen LogP contribution in [0, 0.1) is 0 Å². The lowest BCUT2D eigenvalue weighted by atomic mass is 10.1. The van der Waals surface area contributed by atoms with E-state index >= 15 is 0 Å². The molecule has 0 saturated carbocycles. The minimum atomic E-state index is -0.405. The minimum absolute atomic E-state index is 0.268. The van der Waals surface area contributed by atoms with Gasteiger partial charge in [-0.15, -0.1) is 0 Å². The zero-order chi connectivity index (χ0) is 14.5. The van der Waals surface area contributed by atoms with E-state index in [0.717, 1.165) is 38.2 Å². The number of carbonyl (C=O) groups excluding carboxylic acids is 2. The lowest BCUT2D eigenvalue weighted by Gasteiger charge is -2.21. The van der Waals surface area contributed by atoms with Crippen molar-refractivity contribution in [3.05, 3.63) is 35.4 Å². The second-order valence-electron chi connectivity index (χ2n) is 5.28. The summed E-state index contributed by atoms with van der Waals surface area (Å²) < 4.78 is 0. The maximum absolute atomic E-state index is 11.5. The van der Waals surface area contributed by atoms with Crippen LogP contribution >= 0.6 is 0 Å². The Kier molecular flexibility index (Phi) is 4.74. The summed E-state index contributed by atoms with van der Waals surface area (Å²) in [5.41, 5.74) is 6.87. The Hall–Kier alpha value is -1.88. The van der Waals surface area contributed by atoms with Crippen molar-refractivity contribution in [2.24, 2.45) is 5.73 Å². The van der Waals surface area contributed by atoms with Gasteiger partial charge in [0.25, 0.3) is 0 Å². The second-order valence-corrected chi connectivity index (χ2v) is 5.28. The van der Waals surface area contributed by atoms with Crippen molar-refractivity contribution in [1.82, 2.24) is 9.80 Å². The fraction of sp³-hybridized carbons (Fsp3) is 0.467. The van der Waals surface area contributed by atoms with Crippen molar-refractivity contribution < 1.29 is 9.59 Å². The zero-order valence-corrected chi connectivity index (χ0v) is 11.8. The van der Waals surface area contributed by atoms with Gasteiger partial charge in [-0.05, 0) is 31.2 Å². The summed E-state index contributed by atoms with van der Waals surface area (Å²) in [6.07, 6.45) is 1.68. The van der Waals surface area contributed by atoms with Gasteiger partial charge in [-0.25, -0.2) is 0 Å². The highest BCUT2D eigenvalue weighted by atomic mass is 16.2. The highest BCUT2D eigenvalue weighted by Crippen LogP contribution is 2.10. The number of nitrogens with zero attached hydrogens (tertiary/aromatic N) is 2. The van der Waals surface area contributed by atoms with E-state index in [-0.39, 0.29) is 5.91 Å². The molecule has 5 heteroatoms. The van der Waals surface area contributed by atoms with Crippen LogP contribution in [0.4, 0.5) is 0 Å². The number of nitrogens with two attached hydrogens (primary N) is 1. The van der Waals surface area contributed by atoms with Crippen LogP contribution < -0.4 is 5.73 Å². The van der Waals surface area contributed by atoms with Crippen LogP contribution in [0.1, 0.15) is 28.8 Å². The summed E-state index contributed by atoms with van der Waals surface area (Å²) >= 11 is 0. The molecule has 2 N–H and O–H groups in total. The third kappa shape index (κ3) is 3.81. The lowest BCUT2D eigenvalue weighted by Crippen LogP contribution is -2.33. The van der Waals surface area contributed by atoms with Crippen LogP contribution in [0.15, 0.2) is 24.3 Å². The van der Waals surface area contributed by atoms with E-state index < -0.39 is 5.91 Å². The number of hydrogen-bond acceptors (Lipinski definition) is 3. The van der Waals surface area contributed by atoms with E-state index in [2.05, 4.69) is 4.90 Å². The van der Waals surface area contributed by atoms with E-state index in [0.29, 0.717) is 12.0 Å². The molecule has 1 saturated heterocycles. The fourth-order valence-corrected chi connectivity index (χ4v) is 2.40. The maximum atomic E-state index is 11.5. The van der Waals surface area contributed by atoms with Crippen LogP contribution in [0.2, 0.25) is 0 Å². The second kappa shape index (κ2) is 6.52. The highest BCUT2D eigenvalue weighted by Gasteiger charge is 2.19. The number of benzene rings is 1. The first-order chi connectivity index (χ1) is 9.56. The molecule has 20 heavy (non-hydrogen) atoms. The predicted octanol–water partition coefficient (Wildman–Crippen LogP) is 0.840. The smallest absolute Gasteiger partial charge is 0.248 e. The Bertz CT molecular complexity index is 484. The van der Waals surface area contributed by atoms with Gasteiger partial charge in [0.1, 0.15) is 0 Å². The van der Waals surface area contributed by atoms with Crippen molar-refractivity contribution >= 4 is 11.8 Å². The van der Waals surface area contributed by atoms with E-state index in [1.165, 1.54) is 0 Å². The van der Waals surface area contributed by atoms with Crippen molar-refractivity contribution in [3.8, 4) is 0 Å². The molecule has 0 unspecified atom stereocenters. The zero-order valence-electron chi connectivity index (χ0n) is 11.8. The van der Waals surface area contributed by atoms with Gasteiger partial charge in [-0.2, -0.15) is 0 Å². The number of likely N-dealkylation sites (tertiary alicyclic amines) is 1. The molecule has 1 aliphatic rings. The number of hydrogen-bond donors (Lipinski definition) is 1. The van der Waals surface area contributed by atoms with Crippen LogP contribution in [0.3, 0.4) is 0 Å². The van der Waals surface area contributed by atoms with Gasteiger partial charge in [0.15, 0.2) is 0 Å². The van der Waals surface area contributed by atoms with Crippen molar-refractivity contribution in [1.29, 1.82) is 0 Å². The molecule has 2 amide bonds. The Balaban J connectivity index is 1.80. The van der Waals surface area contributed by atoms with Gasteiger partial charge in [0.05, 0.1) is 0 Å². The molecule has 5 nitrogen and oxygen atoms in total. The Morgan fingerprint density at radius 1 is 1.35 bits per heavy atom. The van der Waals surface area contributed by atoms with Gasteiger partial charge in [0, 0.05) is 38.2 Å². The first kappa shape index (κ1) is 14.5. The van der Waals surface area contributed by atoms with Gasteiger partial charge < -0.3 is 15.5 Å². The summed E-state index contributed by atoms with van der Waals surface area (Å²) in [5.74, 6) is -0.137. The monoisotopic (exact) mass is 275 g/mol. The van der Waals surface area contributed by atoms with E-state index in [1.54, 1.807) is 12.1 Å². The fourth-order valence-electron chi connectivity index (χ4n) is 2.40. The first-order valence-electron chi connectivity index (χ1n) is 6.91. The molecule has 1 aliphatic heterocycles. The molecule has 108 valence electrons. The van der Waals surface area contributed by atoms with Crippen LogP contribution in [0.25, 0.3) is 0 Å². The molecule has 1 heterocycles. The molecule has 0 aromatic heterocycles. The van der Waals surface area contributed by atoms with E-state index in [4.69, 9.17) is 5.73 Å². The van der Waals surface area contributed by atoms with Gasteiger partial charge in [-0.1, -0.05) is 12.1 Å². The third-order valence-electron chi connectivity index (χ3n) is 3.61. The number of likely N-dealkylation sites (N-methyl/N-ethyl adjacent to an activating group) is 1. The molecular formula is C15H21N3O2. The molecule has 0 atom stereocenters.